The first-order valence-corrected chi connectivity index (χ1v) is 8.70. The van der Waals surface area contributed by atoms with Crippen LogP contribution >= 0.6 is 0 Å². The standard InChI is InChI=1S/C21H26N2O/c1-16-8-10-18(11-9-16)21(15-20(21,2)3)19(24)23-13-5-7-17-6-4-12-22-14-17/h4,6,8-12,14H,5,7,13,15H2,1-3H3,(H,23,24)/t21-/m1/s1. The summed E-state index contributed by atoms with van der Waals surface area (Å²) in [5.74, 6) is 0.169. The minimum absolute atomic E-state index is 0.0235. The van der Waals surface area contributed by atoms with Gasteiger partial charge in [0.15, 0.2) is 0 Å². The van der Waals surface area contributed by atoms with Crippen molar-refractivity contribution in [3.05, 3.63) is 65.5 Å². The maximum atomic E-state index is 12.9. The predicted molar refractivity (Wildman–Crippen MR) is 96.8 cm³/mol. The van der Waals surface area contributed by atoms with Crippen LogP contribution in [0.5, 0.6) is 0 Å². The number of amides is 1. The lowest BCUT2D eigenvalue weighted by Gasteiger charge is -2.21. The van der Waals surface area contributed by atoms with Gasteiger partial charge in [-0.15, -0.1) is 0 Å². The minimum Gasteiger partial charge on any atom is -0.355 e. The quantitative estimate of drug-likeness (QED) is 0.822. The van der Waals surface area contributed by atoms with Gasteiger partial charge in [-0.2, -0.15) is 0 Å². The van der Waals surface area contributed by atoms with Gasteiger partial charge >= 0.3 is 0 Å². The first kappa shape index (κ1) is 16.7. The molecule has 0 radical (unpaired) electrons. The minimum atomic E-state index is -0.366. The van der Waals surface area contributed by atoms with Gasteiger partial charge in [0, 0.05) is 18.9 Å². The van der Waals surface area contributed by atoms with E-state index in [4.69, 9.17) is 0 Å². The second-order valence-corrected chi connectivity index (χ2v) is 7.55. The number of pyridine rings is 1. The van der Waals surface area contributed by atoms with E-state index < -0.39 is 0 Å². The Morgan fingerprint density at radius 1 is 1.21 bits per heavy atom. The van der Waals surface area contributed by atoms with Crippen molar-refractivity contribution in [1.29, 1.82) is 0 Å². The Morgan fingerprint density at radius 2 is 1.92 bits per heavy atom. The molecule has 0 bridgehead atoms. The molecule has 1 heterocycles. The van der Waals surface area contributed by atoms with Crippen molar-refractivity contribution in [1.82, 2.24) is 10.3 Å². The lowest BCUT2D eigenvalue weighted by atomic mass is 9.86. The summed E-state index contributed by atoms with van der Waals surface area (Å²) in [6.45, 7) is 7.15. The van der Waals surface area contributed by atoms with E-state index in [1.165, 1.54) is 11.1 Å². The molecule has 3 heteroatoms. The lowest BCUT2D eigenvalue weighted by molar-refractivity contribution is -0.124. The number of hydrogen-bond donors (Lipinski definition) is 1. The number of rotatable bonds is 6. The van der Waals surface area contributed by atoms with E-state index in [0.717, 1.165) is 24.8 Å². The first-order valence-electron chi connectivity index (χ1n) is 8.70. The molecule has 0 spiro atoms. The van der Waals surface area contributed by atoms with Crippen LogP contribution in [0.3, 0.4) is 0 Å². The van der Waals surface area contributed by atoms with Crippen LogP contribution in [0, 0.1) is 12.3 Å². The Hall–Kier alpha value is -2.16. The van der Waals surface area contributed by atoms with Gasteiger partial charge < -0.3 is 5.32 Å². The summed E-state index contributed by atoms with van der Waals surface area (Å²) in [6.07, 6.45) is 6.46. The molecule has 0 aliphatic heterocycles. The van der Waals surface area contributed by atoms with Gasteiger partial charge in [-0.25, -0.2) is 0 Å². The van der Waals surface area contributed by atoms with E-state index in [9.17, 15) is 4.79 Å². The number of nitrogens with zero attached hydrogens (tertiary/aromatic N) is 1. The molecule has 1 aliphatic carbocycles. The fourth-order valence-electron chi connectivity index (χ4n) is 3.66. The zero-order valence-electron chi connectivity index (χ0n) is 14.8. The van der Waals surface area contributed by atoms with Gasteiger partial charge in [0.2, 0.25) is 5.91 Å². The summed E-state index contributed by atoms with van der Waals surface area (Å²) in [6, 6.07) is 12.4. The Bertz CT molecular complexity index is 706. The van der Waals surface area contributed by atoms with Crippen LogP contribution in [0.1, 0.15) is 43.4 Å². The van der Waals surface area contributed by atoms with E-state index in [1.807, 2.05) is 12.3 Å². The lowest BCUT2D eigenvalue weighted by Crippen LogP contribution is -2.38. The molecule has 24 heavy (non-hydrogen) atoms. The van der Waals surface area contributed by atoms with Crippen molar-refractivity contribution in [2.24, 2.45) is 5.41 Å². The Kier molecular flexibility index (Phi) is 4.44. The number of aryl methyl sites for hydroxylation is 2. The summed E-state index contributed by atoms with van der Waals surface area (Å²) in [7, 11) is 0. The second-order valence-electron chi connectivity index (χ2n) is 7.55. The van der Waals surface area contributed by atoms with Gasteiger partial charge in [-0.1, -0.05) is 49.7 Å². The number of aromatic nitrogens is 1. The average Bonchev–Trinajstić information content (AvgIpc) is 3.17. The van der Waals surface area contributed by atoms with Crippen molar-refractivity contribution in [2.75, 3.05) is 6.54 Å². The van der Waals surface area contributed by atoms with Gasteiger partial charge in [-0.3, -0.25) is 9.78 Å². The number of carbonyl (C=O) groups excluding carboxylic acids is 1. The van der Waals surface area contributed by atoms with E-state index in [-0.39, 0.29) is 16.7 Å². The molecule has 1 aromatic carbocycles. The molecule has 2 aromatic rings. The number of benzene rings is 1. The summed E-state index contributed by atoms with van der Waals surface area (Å²) in [4.78, 5) is 17.0. The highest BCUT2D eigenvalue weighted by Gasteiger charge is 2.66. The van der Waals surface area contributed by atoms with Crippen LogP contribution in [0.15, 0.2) is 48.8 Å². The monoisotopic (exact) mass is 322 g/mol. The summed E-state index contributed by atoms with van der Waals surface area (Å²) >= 11 is 0. The zero-order valence-corrected chi connectivity index (χ0v) is 14.8. The van der Waals surface area contributed by atoms with Gasteiger partial charge in [0.05, 0.1) is 5.41 Å². The zero-order chi connectivity index (χ0) is 17.2. The normalized spacial score (nSPS) is 21.3. The highest BCUT2D eigenvalue weighted by molar-refractivity contribution is 5.93. The number of carbonyl (C=O) groups is 1. The number of nitrogens with one attached hydrogen (secondary N) is 1. The van der Waals surface area contributed by atoms with Crippen LogP contribution < -0.4 is 5.32 Å². The first-order chi connectivity index (χ1) is 11.5. The molecular formula is C21H26N2O. The maximum Gasteiger partial charge on any atom is 0.231 e. The fourth-order valence-corrected chi connectivity index (χ4v) is 3.66. The molecule has 0 unspecified atom stereocenters. The van der Waals surface area contributed by atoms with Crippen molar-refractivity contribution in [2.45, 2.75) is 45.4 Å². The third-order valence-electron chi connectivity index (χ3n) is 5.32. The molecule has 3 rings (SSSR count). The molecule has 1 N–H and O–H groups in total. The Morgan fingerprint density at radius 3 is 2.50 bits per heavy atom. The van der Waals surface area contributed by atoms with Crippen LogP contribution in [0.25, 0.3) is 0 Å². The Balaban J connectivity index is 1.61. The number of hydrogen-bond acceptors (Lipinski definition) is 2. The summed E-state index contributed by atoms with van der Waals surface area (Å²) in [5.41, 5.74) is 3.24. The van der Waals surface area contributed by atoms with Gasteiger partial charge in [0.25, 0.3) is 0 Å². The Labute approximate surface area is 144 Å². The van der Waals surface area contributed by atoms with Crippen LogP contribution in [-0.2, 0) is 16.6 Å². The van der Waals surface area contributed by atoms with Crippen LogP contribution in [0.2, 0.25) is 0 Å². The summed E-state index contributed by atoms with van der Waals surface area (Å²) < 4.78 is 0. The van der Waals surface area contributed by atoms with Crippen LogP contribution in [-0.4, -0.2) is 17.4 Å². The molecule has 1 atom stereocenters. The molecule has 1 amide bonds. The van der Waals surface area contributed by atoms with Gasteiger partial charge in [0.1, 0.15) is 0 Å². The third kappa shape index (κ3) is 3.08. The SMILES string of the molecule is Cc1ccc([C@@]2(C(=O)NCCCc3cccnc3)CC2(C)C)cc1. The third-order valence-corrected chi connectivity index (χ3v) is 5.32. The van der Waals surface area contributed by atoms with Gasteiger partial charge in [-0.05, 0) is 48.8 Å². The molecule has 126 valence electrons. The molecule has 1 aliphatic rings. The fraction of sp³-hybridized carbons (Fsp3) is 0.429. The largest absolute Gasteiger partial charge is 0.355 e. The van der Waals surface area contributed by atoms with Crippen molar-refractivity contribution in [3.63, 3.8) is 0 Å². The smallest absolute Gasteiger partial charge is 0.231 e. The van der Waals surface area contributed by atoms with E-state index in [2.05, 4.69) is 61.4 Å². The highest BCUT2D eigenvalue weighted by Crippen LogP contribution is 2.64. The molecule has 1 saturated carbocycles. The van der Waals surface area contributed by atoms with Crippen molar-refractivity contribution >= 4 is 5.91 Å². The highest BCUT2D eigenvalue weighted by atomic mass is 16.2. The average molecular weight is 322 g/mol. The molecular weight excluding hydrogens is 296 g/mol. The van der Waals surface area contributed by atoms with Crippen molar-refractivity contribution < 1.29 is 4.79 Å². The van der Waals surface area contributed by atoms with Crippen LogP contribution in [0.4, 0.5) is 0 Å². The van der Waals surface area contributed by atoms with E-state index in [0.29, 0.717) is 6.54 Å². The molecule has 1 aromatic heterocycles. The predicted octanol–water partition coefficient (Wildman–Crippen LogP) is 3.81. The second kappa shape index (κ2) is 6.39. The topological polar surface area (TPSA) is 42.0 Å². The van der Waals surface area contributed by atoms with E-state index in [1.54, 1.807) is 6.20 Å². The van der Waals surface area contributed by atoms with E-state index >= 15 is 0 Å². The summed E-state index contributed by atoms with van der Waals surface area (Å²) in [5, 5.41) is 3.17. The maximum absolute atomic E-state index is 12.9. The molecule has 1 fully saturated rings. The molecule has 0 saturated heterocycles. The van der Waals surface area contributed by atoms with Crippen molar-refractivity contribution in [3.8, 4) is 0 Å². The molecule has 3 nitrogen and oxygen atoms in total.